The number of halogens is 1. The molecule has 3 heterocycles. The van der Waals surface area contributed by atoms with E-state index in [9.17, 15) is 9.59 Å². The Labute approximate surface area is 153 Å². The van der Waals surface area contributed by atoms with Gasteiger partial charge in [-0.05, 0) is 35.9 Å². The number of aromatic nitrogens is 2. The van der Waals surface area contributed by atoms with Gasteiger partial charge in [-0.1, -0.05) is 29.8 Å². The van der Waals surface area contributed by atoms with Crippen molar-refractivity contribution < 1.29 is 9.59 Å². The summed E-state index contributed by atoms with van der Waals surface area (Å²) in [4.78, 5) is 25.5. The van der Waals surface area contributed by atoms with Crippen molar-refractivity contribution in [3.8, 4) is 5.69 Å². The van der Waals surface area contributed by atoms with Gasteiger partial charge in [0.15, 0.2) is 0 Å². The van der Waals surface area contributed by atoms with Crippen molar-refractivity contribution in [3.63, 3.8) is 0 Å². The van der Waals surface area contributed by atoms with E-state index < -0.39 is 5.41 Å². The highest BCUT2D eigenvalue weighted by atomic mass is 35.5. The van der Waals surface area contributed by atoms with E-state index in [0.29, 0.717) is 27.7 Å². The van der Waals surface area contributed by atoms with Crippen LogP contribution in [0.15, 0.2) is 54.7 Å². The Morgan fingerprint density at radius 2 is 1.85 bits per heavy atom. The number of para-hydroxylation sites is 1. The number of carbonyl (C=O) groups excluding carboxylic acids is 2. The van der Waals surface area contributed by atoms with Gasteiger partial charge in [0.2, 0.25) is 11.8 Å². The van der Waals surface area contributed by atoms with Crippen LogP contribution >= 0.6 is 11.6 Å². The first-order valence-electron chi connectivity index (χ1n) is 8.15. The van der Waals surface area contributed by atoms with Crippen molar-refractivity contribution in [2.45, 2.75) is 11.8 Å². The largest absolute Gasteiger partial charge is 0.325 e. The molecule has 0 aliphatic carbocycles. The Kier molecular flexibility index (Phi) is 3.02. The molecular weight excluding hydrogens is 352 g/mol. The summed E-state index contributed by atoms with van der Waals surface area (Å²) >= 11 is 6.18. The van der Waals surface area contributed by atoms with Crippen molar-refractivity contribution in [2.75, 3.05) is 10.6 Å². The van der Waals surface area contributed by atoms with Gasteiger partial charge in [0.25, 0.3) is 0 Å². The zero-order valence-electron chi connectivity index (χ0n) is 13.5. The van der Waals surface area contributed by atoms with Crippen molar-refractivity contribution in [1.82, 2.24) is 9.78 Å². The summed E-state index contributed by atoms with van der Waals surface area (Å²) in [6, 6.07) is 14.7. The lowest BCUT2D eigenvalue weighted by Crippen LogP contribution is -2.43. The molecule has 0 bridgehead atoms. The fraction of sp³-hybridized carbons (Fsp3) is 0.105. The molecule has 2 aromatic carbocycles. The number of amides is 2. The number of carbonyl (C=O) groups is 2. The Morgan fingerprint density at radius 3 is 2.65 bits per heavy atom. The van der Waals surface area contributed by atoms with Gasteiger partial charge in [0.1, 0.15) is 11.2 Å². The number of hydrogen-bond acceptors (Lipinski definition) is 3. The molecule has 1 spiro atoms. The second kappa shape index (κ2) is 5.19. The fourth-order valence-corrected chi connectivity index (χ4v) is 4.00. The molecule has 0 fully saturated rings. The van der Waals surface area contributed by atoms with Crippen LogP contribution in [0.25, 0.3) is 5.69 Å². The number of anilines is 2. The minimum Gasteiger partial charge on any atom is -0.325 e. The van der Waals surface area contributed by atoms with Crippen LogP contribution in [0.1, 0.15) is 17.5 Å². The highest BCUT2D eigenvalue weighted by Gasteiger charge is 2.54. The van der Waals surface area contributed by atoms with Crippen molar-refractivity contribution in [3.05, 3.63) is 70.9 Å². The quantitative estimate of drug-likeness (QED) is 0.696. The second-order valence-electron chi connectivity index (χ2n) is 6.43. The fourth-order valence-electron chi connectivity index (χ4n) is 3.83. The number of fused-ring (bicyclic) bond motifs is 4. The van der Waals surface area contributed by atoms with Crippen molar-refractivity contribution >= 4 is 34.9 Å². The van der Waals surface area contributed by atoms with Gasteiger partial charge >= 0.3 is 0 Å². The van der Waals surface area contributed by atoms with Crippen LogP contribution in [0.4, 0.5) is 11.5 Å². The Hall–Kier alpha value is -3.12. The lowest BCUT2D eigenvalue weighted by Gasteiger charge is -2.31. The molecule has 26 heavy (non-hydrogen) atoms. The molecule has 128 valence electrons. The second-order valence-corrected chi connectivity index (χ2v) is 6.86. The third-order valence-electron chi connectivity index (χ3n) is 4.99. The summed E-state index contributed by atoms with van der Waals surface area (Å²) < 4.78 is 1.64. The number of nitrogens with one attached hydrogen (secondary N) is 2. The van der Waals surface area contributed by atoms with Crippen LogP contribution in [-0.2, 0) is 15.0 Å². The van der Waals surface area contributed by atoms with Crippen LogP contribution in [0.3, 0.4) is 0 Å². The molecule has 3 aromatic rings. The standard InChI is InChI=1S/C19H13ClN4O2/c20-11-6-7-15-13(8-11)19(18(26)22-15)9-16(25)23-17-14(19)10-21-24(17)12-4-2-1-3-5-12/h1-8,10H,9H2,(H,22,26)(H,23,25). The van der Waals surface area contributed by atoms with Gasteiger partial charge in [0.05, 0.1) is 11.9 Å². The van der Waals surface area contributed by atoms with Crippen LogP contribution in [-0.4, -0.2) is 21.6 Å². The van der Waals surface area contributed by atoms with Gasteiger partial charge in [-0.15, -0.1) is 0 Å². The smallest absolute Gasteiger partial charge is 0.240 e. The summed E-state index contributed by atoms with van der Waals surface area (Å²) in [7, 11) is 0. The summed E-state index contributed by atoms with van der Waals surface area (Å²) in [5.41, 5.74) is 1.73. The van der Waals surface area contributed by atoms with E-state index in [0.717, 1.165) is 5.69 Å². The lowest BCUT2D eigenvalue weighted by molar-refractivity contribution is -0.125. The molecule has 7 heteroatoms. The average Bonchev–Trinajstić information content (AvgIpc) is 3.17. The van der Waals surface area contributed by atoms with E-state index >= 15 is 0 Å². The summed E-state index contributed by atoms with van der Waals surface area (Å²) in [6.45, 7) is 0. The van der Waals surface area contributed by atoms with Gasteiger partial charge in [-0.25, -0.2) is 4.68 Å². The van der Waals surface area contributed by atoms with E-state index in [4.69, 9.17) is 11.6 Å². The van der Waals surface area contributed by atoms with E-state index in [1.54, 1.807) is 29.1 Å². The molecule has 1 unspecified atom stereocenters. The van der Waals surface area contributed by atoms with Crippen LogP contribution in [0.5, 0.6) is 0 Å². The topological polar surface area (TPSA) is 76.0 Å². The van der Waals surface area contributed by atoms with Crippen molar-refractivity contribution in [2.24, 2.45) is 0 Å². The van der Waals surface area contributed by atoms with Crippen LogP contribution in [0, 0.1) is 0 Å². The van der Waals surface area contributed by atoms with Crippen LogP contribution < -0.4 is 10.6 Å². The van der Waals surface area contributed by atoms with E-state index in [-0.39, 0.29) is 18.2 Å². The summed E-state index contributed by atoms with van der Waals surface area (Å²) in [6.07, 6.45) is 1.66. The number of benzene rings is 2. The Balaban J connectivity index is 1.78. The lowest BCUT2D eigenvalue weighted by atomic mass is 9.72. The molecule has 0 saturated heterocycles. The molecule has 2 N–H and O–H groups in total. The van der Waals surface area contributed by atoms with E-state index in [1.165, 1.54) is 0 Å². The molecular formula is C19H13ClN4O2. The number of hydrogen-bond donors (Lipinski definition) is 2. The normalized spacial score (nSPS) is 20.5. The summed E-state index contributed by atoms with van der Waals surface area (Å²) in [5, 5.41) is 10.7. The van der Waals surface area contributed by atoms with E-state index in [2.05, 4.69) is 15.7 Å². The average molecular weight is 365 g/mol. The molecule has 0 radical (unpaired) electrons. The predicted octanol–water partition coefficient (Wildman–Crippen LogP) is 3.11. The summed E-state index contributed by atoms with van der Waals surface area (Å²) in [5.74, 6) is 0.0343. The molecule has 2 aliphatic rings. The van der Waals surface area contributed by atoms with Crippen LogP contribution in [0.2, 0.25) is 5.02 Å². The van der Waals surface area contributed by atoms with Gasteiger partial charge in [-0.3, -0.25) is 9.59 Å². The highest BCUT2D eigenvalue weighted by Crippen LogP contribution is 2.50. The maximum absolute atomic E-state index is 13.0. The molecule has 1 aromatic heterocycles. The molecule has 1 atom stereocenters. The zero-order chi connectivity index (χ0) is 17.9. The maximum Gasteiger partial charge on any atom is 0.240 e. The molecule has 6 nitrogen and oxygen atoms in total. The first kappa shape index (κ1) is 15.2. The highest BCUT2D eigenvalue weighted by molar-refractivity contribution is 6.31. The maximum atomic E-state index is 13.0. The van der Waals surface area contributed by atoms with E-state index in [1.807, 2.05) is 30.3 Å². The molecule has 2 aliphatic heterocycles. The van der Waals surface area contributed by atoms with Gasteiger partial charge in [-0.2, -0.15) is 5.10 Å². The first-order valence-corrected chi connectivity index (χ1v) is 8.53. The SMILES string of the molecule is O=C1CC2(C(=O)Nc3ccc(Cl)cc32)c2cnn(-c3ccccc3)c2N1. The minimum atomic E-state index is -1.12. The number of nitrogens with zero attached hydrogens (tertiary/aromatic N) is 2. The molecule has 5 rings (SSSR count). The first-order chi connectivity index (χ1) is 12.6. The third-order valence-corrected chi connectivity index (χ3v) is 5.23. The monoisotopic (exact) mass is 364 g/mol. The molecule has 2 amide bonds. The van der Waals surface area contributed by atoms with Gasteiger partial charge in [0, 0.05) is 22.7 Å². The molecule has 0 saturated carbocycles. The Bertz CT molecular complexity index is 1080. The zero-order valence-corrected chi connectivity index (χ0v) is 14.2. The van der Waals surface area contributed by atoms with Gasteiger partial charge < -0.3 is 10.6 Å². The Morgan fingerprint density at radius 1 is 1.04 bits per heavy atom. The predicted molar refractivity (Wildman–Crippen MR) is 97.7 cm³/mol. The van der Waals surface area contributed by atoms with Crippen molar-refractivity contribution in [1.29, 1.82) is 0 Å². The minimum absolute atomic E-state index is 0.0136. The third kappa shape index (κ3) is 1.90. The number of rotatable bonds is 1.